The number of fused-ring (bicyclic) bond motifs is 1. The molecule has 150 valence electrons. The molecule has 0 aliphatic carbocycles. The maximum atomic E-state index is 12.7. The topological polar surface area (TPSA) is 72.9 Å². The van der Waals surface area contributed by atoms with E-state index in [1.165, 1.54) is 36.9 Å². The van der Waals surface area contributed by atoms with Crippen molar-refractivity contribution in [2.75, 3.05) is 4.90 Å². The molecule has 1 aromatic rings. The number of nitrogens with zero attached hydrogens (tertiary/aromatic N) is 1. The number of halogens is 3. The van der Waals surface area contributed by atoms with Gasteiger partial charge in [-0.3, -0.25) is 4.90 Å². The minimum absolute atomic E-state index is 0.0236. The highest BCUT2D eigenvalue weighted by Crippen LogP contribution is 2.42. The van der Waals surface area contributed by atoms with E-state index >= 15 is 0 Å². The molecule has 1 aromatic carbocycles. The fourth-order valence-corrected chi connectivity index (χ4v) is 2.99. The Balaban J connectivity index is 2.56. The van der Waals surface area contributed by atoms with E-state index in [4.69, 9.17) is 4.74 Å². The van der Waals surface area contributed by atoms with Crippen molar-refractivity contribution in [1.82, 2.24) is 0 Å². The molecule has 0 spiro atoms. The molecule has 0 fully saturated rings. The maximum absolute atomic E-state index is 12.7. The predicted octanol–water partition coefficient (Wildman–Crippen LogP) is 4.43. The molecule has 0 saturated carbocycles. The van der Waals surface area contributed by atoms with Crippen LogP contribution < -0.4 is 4.90 Å². The summed E-state index contributed by atoms with van der Waals surface area (Å²) < 4.78 is 70.8. The lowest BCUT2D eigenvalue weighted by Crippen LogP contribution is -2.51. The summed E-state index contributed by atoms with van der Waals surface area (Å²) in [5.41, 5.74) is -7.40. The second kappa shape index (κ2) is 6.43. The van der Waals surface area contributed by atoms with Gasteiger partial charge >= 0.3 is 21.7 Å². The molecule has 0 radical (unpaired) electrons. The van der Waals surface area contributed by atoms with Crippen LogP contribution in [0.5, 0.6) is 0 Å². The van der Waals surface area contributed by atoms with Crippen molar-refractivity contribution in [3.8, 4) is 0 Å². The Morgan fingerprint density at radius 3 is 2.19 bits per heavy atom. The van der Waals surface area contributed by atoms with Gasteiger partial charge in [0.05, 0.1) is 11.2 Å². The Morgan fingerprint density at radius 2 is 1.67 bits per heavy atom. The molecular formula is C17H20F3NO5S. The summed E-state index contributed by atoms with van der Waals surface area (Å²) in [4.78, 5) is 13.9. The summed E-state index contributed by atoms with van der Waals surface area (Å²) in [6.45, 7) is 8.07. The SMILES string of the molecule is CC(C)(C)OC(=O)N1c2ccccc2C(OS(=O)(=O)C(F)(F)F)=CC1(C)C. The smallest absolute Gasteiger partial charge is 0.443 e. The van der Waals surface area contributed by atoms with Gasteiger partial charge in [-0.05, 0) is 52.8 Å². The van der Waals surface area contributed by atoms with E-state index in [2.05, 4.69) is 4.18 Å². The Labute approximate surface area is 155 Å². The molecule has 6 nitrogen and oxygen atoms in total. The first-order valence-corrected chi connectivity index (χ1v) is 9.32. The van der Waals surface area contributed by atoms with Crippen molar-refractivity contribution in [2.24, 2.45) is 0 Å². The summed E-state index contributed by atoms with van der Waals surface area (Å²) in [5, 5.41) is 0. The van der Waals surface area contributed by atoms with E-state index in [0.717, 1.165) is 6.08 Å². The molecule has 0 aromatic heterocycles. The molecule has 1 heterocycles. The van der Waals surface area contributed by atoms with Crippen molar-refractivity contribution >= 4 is 27.7 Å². The highest BCUT2D eigenvalue weighted by Gasteiger charge is 2.50. The van der Waals surface area contributed by atoms with E-state index in [-0.39, 0.29) is 11.3 Å². The molecule has 1 amide bonds. The minimum atomic E-state index is -5.86. The van der Waals surface area contributed by atoms with Crippen LogP contribution in [0.2, 0.25) is 0 Å². The van der Waals surface area contributed by atoms with Gasteiger partial charge in [-0.2, -0.15) is 21.6 Å². The molecule has 0 atom stereocenters. The maximum Gasteiger partial charge on any atom is 0.534 e. The van der Waals surface area contributed by atoms with E-state index < -0.39 is 38.6 Å². The number of anilines is 1. The molecule has 0 N–H and O–H groups in total. The third-order valence-electron chi connectivity index (χ3n) is 3.53. The third-order valence-corrected chi connectivity index (χ3v) is 4.50. The zero-order chi connectivity index (χ0) is 20.8. The fraction of sp³-hybridized carbons (Fsp3) is 0.471. The Kier molecular flexibility index (Phi) is 5.02. The molecule has 27 heavy (non-hydrogen) atoms. The zero-order valence-electron chi connectivity index (χ0n) is 15.4. The number of ether oxygens (including phenoxy) is 1. The quantitative estimate of drug-likeness (QED) is 0.536. The molecule has 0 bridgehead atoms. The average molecular weight is 407 g/mol. The van der Waals surface area contributed by atoms with Gasteiger partial charge in [0.15, 0.2) is 5.76 Å². The van der Waals surface area contributed by atoms with Gasteiger partial charge in [0, 0.05) is 5.56 Å². The van der Waals surface area contributed by atoms with Crippen molar-refractivity contribution in [2.45, 2.75) is 51.3 Å². The van der Waals surface area contributed by atoms with Gasteiger partial charge < -0.3 is 8.92 Å². The highest BCUT2D eigenvalue weighted by atomic mass is 32.2. The average Bonchev–Trinajstić information content (AvgIpc) is 2.42. The second-order valence-electron chi connectivity index (χ2n) is 7.48. The lowest BCUT2D eigenvalue weighted by atomic mass is 9.93. The van der Waals surface area contributed by atoms with E-state index in [1.807, 2.05) is 0 Å². The van der Waals surface area contributed by atoms with Crippen LogP contribution in [0.4, 0.5) is 23.7 Å². The molecule has 2 rings (SSSR count). The van der Waals surface area contributed by atoms with Crippen molar-refractivity contribution in [1.29, 1.82) is 0 Å². The number of carbonyl (C=O) groups excluding carboxylic acids is 1. The third kappa shape index (κ3) is 4.37. The second-order valence-corrected chi connectivity index (χ2v) is 9.02. The molecule has 10 heteroatoms. The molecule has 1 aliphatic rings. The first-order valence-electron chi connectivity index (χ1n) is 7.91. The fourth-order valence-electron chi connectivity index (χ4n) is 2.53. The van der Waals surface area contributed by atoms with Crippen LogP contribution in [0.1, 0.15) is 40.2 Å². The van der Waals surface area contributed by atoms with E-state index in [1.54, 1.807) is 26.8 Å². The lowest BCUT2D eigenvalue weighted by Gasteiger charge is -2.41. The Bertz CT molecular complexity index is 883. The van der Waals surface area contributed by atoms with Crippen LogP contribution in [-0.4, -0.2) is 31.2 Å². The van der Waals surface area contributed by atoms with Gasteiger partial charge in [0.1, 0.15) is 5.60 Å². The van der Waals surface area contributed by atoms with Gasteiger partial charge in [-0.25, -0.2) is 4.79 Å². The molecule has 1 aliphatic heterocycles. The standard InChI is InChI=1S/C17H20F3NO5S/c1-15(2,3)25-14(22)21-12-9-7-6-8-11(12)13(10-16(21,4)5)26-27(23,24)17(18,19)20/h6-10H,1-5H3. The number of alkyl halides is 3. The number of rotatable bonds is 2. The Morgan fingerprint density at radius 1 is 1.11 bits per heavy atom. The number of amides is 1. The van der Waals surface area contributed by atoms with Crippen LogP contribution >= 0.6 is 0 Å². The first-order chi connectivity index (χ1) is 12.1. The summed E-state index contributed by atoms with van der Waals surface area (Å²) in [6.07, 6.45) is 0.414. The van der Waals surface area contributed by atoms with Crippen LogP contribution in [0.3, 0.4) is 0 Å². The number of para-hydroxylation sites is 1. The minimum Gasteiger partial charge on any atom is -0.443 e. The molecule has 0 unspecified atom stereocenters. The van der Waals surface area contributed by atoms with E-state index in [0.29, 0.717) is 0 Å². The van der Waals surface area contributed by atoms with Gasteiger partial charge in [-0.1, -0.05) is 12.1 Å². The number of benzene rings is 1. The van der Waals surface area contributed by atoms with Gasteiger partial charge in [0.25, 0.3) is 0 Å². The summed E-state index contributed by atoms with van der Waals surface area (Å²) in [7, 11) is -5.86. The van der Waals surface area contributed by atoms with Crippen molar-refractivity contribution in [3.63, 3.8) is 0 Å². The number of hydrogen-bond donors (Lipinski definition) is 0. The van der Waals surface area contributed by atoms with Crippen molar-refractivity contribution in [3.05, 3.63) is 35.9 Å². The van der Waals surface area contributed by atoms with Crippen LogP contribution in [0.15, 0.2) is 30.3 Å². The largest absolute Gasteiger partial charge is 0.534 e. The first kappa shape index (κ1) is 21.1. The highest BCUT2D eigenvalue weighted by molar-refractivity contribution is 7.87. The monoisotopic (exact) mass is 407 g/mol. The van der Waals surface area contributed by atoms with Gasteiger partial charge in [0.2, 0.25) is 0 Å². The van der Waals surface area contributed by atoms with Crippen LogP contribution in [0.25, 0.3) is 5.76 Å². The zero-order valence-corrected chi connectivity index (χ0v) is 16.2. The molecular weight excluding hydrogens is 387 g/mol. The lowest BCUT2D eigenvalue weighted by molar-refractivity contribution is -0.0509. The van der Waals surface area contributed by atoms with Crippen LogP contribution in [-0.2, 0) is 19.0 Å². The normalized spacial score (nSPS) is 17.0. The predicted molar refractivity (Wildman–Crippen MR) is 93.3 cm³/mol. The Hall–Kier alpha value is -2.23. The van der Waals surface area contributed by atoms with Crippen LogP contribution in [0, 0.1) is 0 Å². The molecule has 0 saturated heterocycles. The van der Waals surface area contributed by atoms with Crippen molar-refractivity contribution < 1.29 is 35.3 Å². The number of hydrogen-bond acceptors (Lipinski definition) is 5. The van der Waals surface area contributed by atoms with E-state index in [9.17, 15) is 26.4 Å². The van der Waals surface area contributed by atoms with Gasteiger partial charge in [-0.15, -0.1) is 0 Å². The summed E-state index contributed by atoms with van der Waals surface area (Å²) in [6, 6.07) is 5.88. The summed E-state index contributed by atoms with van der Waals surface area (Å²) >= 11 is 0. The number of carbonyl (C=O) groups is 1. The summed E-state index contributed by atoms with van der Waals surface area (Å²) in [5.74, 6) is -0.507.